The molecule has 0 bridgehead atoms. The Balaban J connectivity index is 2.63. The van der Waals surface area contributed by atoms with Crippen LogP contribution < -0.4 is 15.9 Å². The molecule has 0 aliphatic rings. The number of carbonyl (C=O) groups is 1. The number of nitro groups is 1. The number of nitrogens with zero attached hydrogens (tertiary/aromatic N) is 1. The monoisotopic (exact) mass is 435 g/mol. The molecule has 0 saturated carbocycles. The molecule has 0 N–H and O–H groups in total. The maximum Gasteiger partial charge on any atom is 0.335 e. The molecule has 0 heterocycles. The Labute approximate surface area is 182 Å². The molecule has 0 aliphatic carbocycles. The van der Waals surface area contributed by atoms with E-state index in [0.29, 0.717) is 5.29 Å². The predicted molar refractivity (Wildman–Crippen MR) is 128 cm³/mol. The fraction of sp³-hybridized carbons (Fsp3) is 0.200. The average molecular weight is 435 g/mol. The normalized spacial score (nSPS) is 13.1. The predicted octanol–water partition coefficient (Wildman–Crippen LogP) is 3.63. The van der Waals surface area contributed by atoms with Crippen LogP contribution in [0.25, 0.3) is 0 Å². The van der Waals surface area contributed by atoms with Gasteiger partial charge in [-0.05, 0) is 22.8 Å². The van der Waals surface area contributed by atoms with Crippen molar-refractivity contribution in [1.82, 2.24) is 0 Å². The highest BCUT2D eigenvalue weighted by atomic mass is 31.2. The van der Waals surface area contributed by atoms with Crippen molar-refractivity contribution in [3.8, 4) is 0 Å². The fourth-order valence-corrected chi connectivity index (χ4v) is 8.74. The maximum absolute atomic E-state index is 13.4. The van der Waals surface area contributed by atoms with E-state index in [2.05, 4.69) is 0 Å². The quantitative estimate of drug-likeness (QED) is 0.246. The minimum absolute atomic E-state index is 0.330. The van der Waals surface area contributed by atoms with Crippen molar-refractivity contribution in [2.45, 2.75) is 19.9 Å². The summed E-state index contributed by atoms with van der Waals surface area (Å²) >= 11 is 0. The number of rotatable bonds is 7. The molecule has 160 valence electrons. The van der Waals surface area contributed by atoms with E-state index in [9.17, 15) is 14.9 Å². The summed E-state index contributed by atoms with van der Waals surface area (Å²) < 4.78 is 5.26. The summed E-state index contributed by atoms with van der Waals surface area (Å²) in [4.78, 5) is 24.8. The fourth-order valence-electron chi connectivity index (χ4n) is 3.96. The summed E-state index contributed by atoms with van der Waals surface area (Å²) in [6.07, 6.45) is 0. The number of hydrogen-bond donors (Lipinski definition) is 0. The molecule has 0 saturated heterocycles. The van der Waals surface area contributed by atoms with Crippen LogP contribution in [0.2, 0.25) is 0 Å². The zero-order chi connectivity index (χ0) is 22.4. The second-order valence-corrected chi connectivity index (χ2v) is 10.7. The van der Waals surface area contributed by atoms with Crippen molar-refractivity contribution in [3.63, 3.8) is 0 Å². The van der Waals surface area contributed by atoms with Crippen LogP contribution in [0.5, 0.6) is 0 Å². The van der Waals surface area contributed by atoms with E-state index in [0.717, 1.165) is 15.9 Å². The molecule has 6 heteroatoms. The summed E-state index contributed by atoms with van der Waals surface area (Å²) in [6.45, 7) is 0.550. The van der Waals surface area contributed by atoms with Gasteiger partial charge < -0.3 is 4.74 Å². The number of methoxy groups -OCH3 is 1. The van der Waals surface area contributed by atoms with Gasteiger partial charge in [-0.3, -0.25) is 10.1 Å². The molecule has 31 heavy (non-hydrogen) atoms. The molecule has 3 aromatic carbocycles. The Hall–Kier alpha value is -3.17. The minimum atomic E-state index is -2.75. The summed E-state index contributed by atoms with van der Waals surface area (Å²) in [5.74, 6) is -1.15. The second kappa shape index (κ2) is 9.76. The number of benzene rings is 3. The van der Waals surface area contributed by atoms with Crippen molar-refractivity contribution in [2.24, 2.45) is 5.92 Å². The van der Waals surface area contributed by atoms with Gasteiger partial charge in [0.15, 0.2) is 0 Å². The molecule has 2 unspecified atom stereocenters. The molecule has 0 fully saturated rings. The molecule has 0 amide bonds. The van der Waals surface area contributed by atoms with Crippen LogP contribution in [0.4, 0.5) is 0 Å². The van der Waals surface area contributed by atoms with E-state index in [4.69, 9.17) is 4.74 Å². The summed E-state index contributed by atoms with van der Waals surface area (Å²) in [7, 11) is 1.33. The highest BCUT2D eigenvalue weighted by molar-refractivity contribution is 7.96. The zero-order valence-corrected chi connectivity index (χ0v) is 18.7. The first-order valence-electron chi connectivity index (χ1n) is 10.1. The molecule has 2 atom stereocenters. The van der Waals surface area contributed by atoms with E-state index < -0.39 is 24.8 Å². The van der Waals surface area contributed by atoms with E-state index in [1.54, 1.807) is 13.8 Å². The molecule has 3 rings (SSSR count). The van der Waals surface area contributed by atoms with E-state index in [1.807, 2.05) is 91.0 Å². The average Bonchev–Trinajstić information content (AvgIpc) is 2.82. The van der Waals surface area contributed by atoms with E-state index >= 15 is 0 Å². The Morgan fingerprint density at radius 1 is 0.806 bits per heavy atom. The third-order valence-electron chi connectivity index (χ3n) is 5.67. The standard InChI is InChI=1S/C25H26NO4P/c1-19(20(2)26(28)29)24(25(27)30-3)31(21-13-7-4-8-14-21,22-15-9-5-10-16-22)23-17-11-6-12-18-23/h4-20H,1-3H3. The first-order chi connectivity index (χ1) is 14.9. The van der Waals surface area contributed by atoms with Gasteiger partial charge in [0.1, 0.15) is 0 Å². The van der Waals surface area contributed by atoms with Crippen LogP contribution in [0.1, 0.15) is 13.8 Å². The van der Waals surface area contributed by atoms with Gasteiger partial charge in [-0.25, -0.2) is 4.79 Å². The molecular formula is C25H26NO4P. The van der Waals surface area contributed by atoms with Crippen molar-refractivity contribution < 1.29 is 14.5 Å². The van der Waals surface area contributed by atoms with Crippen LogP contribution >= 0.6 is 6.89 Å². The topological polar surface area (TPSA) is 69.4 Å². The SMILES string of the molecule is COC(=O)C(C(C)C(C)[N+](=O)[O-])=P(c1ccccc1)(c1ccccc1)c1ccccc1. The van der Waals surface area contributed by atoms with Crippen LogP contribution in [0.15, 0.2) is 91.0 Å². The molecule has 0 spiro atoms. The Kier molecular flexibility index (Phi) is 7.09. The van der Waals surface area contributed by atoms with Crippen LogP contribution in [-0.2, 0) is 9.53 Å². The molecule has 0 aliphatic heterocycles. The summed E-state index contributed by atoms with van der Waals surface area (Å²) in [5.41, 5.74) is 0. The lowest BCUT2D eigenvalue weighted by Crippen LogP contribution is -2.41. The van der Waals surface area contributed by atoms with Gasteiger partial charge in [0.25, 0.3) is 0 Å². The zero-order valence-electron chi connectivity index (χ0n) is 17.8. The first-order valence-corrected chi connectivity index (χ1v) is 11.9. The van der Waals surface area contributed by atoms with E-state index in [-0.39, 0.29) is 4.92 Å². The third kappa shape index (κ3) is 4.19. The van der Waals surface area contributed by atoms with Crippen molar-refractivity contribution in [3.05, 3.63) is 101 Å². The van der Waals surface area contributed by atoms with Crippen LogP contribution in [-0.4, -0.2) is 29.3 Å². The second-order valence-electron chi connectivity index (χ2n) is 7.37. The number of hydrogen-bond acceptors (Lipinski definition) is 4. The molecule has 5 nitrogen and oxygen atoms in total. The Bertz CT molecular complexity index is 995. The molecule has 0 radical (unpaired) electrons. The Morgan fingerprint density at radius 3 is 1.45 bits per heavy atom. The lowest BCUT2D eigenvalue weighted by atomic mass is 10.0. The van der Waals surface area contributed by atoms with Gasteiger partial charge >= 0.3 is 5.97 Å². The minimum Gasteiger partial charge on any atom is -0.466 e. The van der Waals surface area contributed by atoms with Gasteiger partial charge in [0, 0.05) is 11.8 Å². The van der Waals surface area contributed by atoms with Gasteiger partial charge in [-0.2, -0.15) is 0 Å². The highest BCUT2D eigenvalue weighted by Gasteiger charge is 2.40. The highest BCUT2D eigenvalue weighted by Crippen LogP contribution is 2.48. The Morgan fingerprint density at radius 2 is 1.16 bits per heavy atom. The van der Waals surface area contributed by atoms with Crippen LogP contribution in [0.3, 0.4) is 0 Å². The third-order valence-corrected chi connectivity index (χ3v) is 10.2. The molecular weight excluding hydrogens is 409 g/mol. The molecule has 0 aromatic heterocycles. The van der Waals surface area contributed by atoms with E-state index in [1.165, 1.54) is 7.11 Å². The van der Waals surface area contributed by atoms with Crippen molar-refractivity contribution >= 4 is 34.1 Å². The smallest absolute Gasteiger partial charge is 0.335 e. The number of ether oxygens (including phenoxy) is 1. The van der Waals surface area contributed by atoms with Crippen LogP contribution in [0, 0.1) is 16.0 Å². The lowest BCUT2D eigenvalue weighted by molar-refractivity contribution is -0.523. The maximum atomic E-state index is 13.4. The van der Waals surface area contributed by atoms with Crippen molar-refractivity contribution in [2.75, 3.05) is 7.11 Å². The summed E-state index contributed by atoms with van der Waals surface area (Å²) in [6, 6.07) is 28.4. The molecule has 3 aromatic rings. The lowest BCUT2D eigenvalue weighted by Gasteiger charge is -2.34. The van der Waals surface area contributed by atoms with Gasteiger partial charge in [0.2, 0.25) is 6.04 Å². The van der Waals surface area contributed by atoms with Gasteiger partial charge in [-0.15, -0.1) is 0 Å². The largest absolute Gasteiger partial charge is 0.466 e. The first kappa shape index (κ1) is 22.5. The number of esters is 1. The summed E-state index contributed by atoms with van der Waals surface area (Å²) in [5, 5.41) is 15.1. The number of carbonyl (C=O) groups excluding carboxylic acids is 1. The van der Waals surface area contributed by atoms with Gasteiger partial charge in [-0.1, -0.05) is 97.9 Å². The van der Waals surface area contributed by atoms with Crippen molar-refractivity contribution in [1.29, 1.82) is 0 Å². The van der Waals surface area contributed by atoms with Gasteiger partial charge in [0.05, 0.1) is 18.3 Å².